The molecule has 1 heterocycles. The fourth-order valence-corrected chi connectivity index (χ4v) is 2.57. The van der Waals surface area contributed by atoms with Gasteiger partial charge in [0.15, 0.2) is 0 Å². The first-order valence-electron chi connectivity index (χ1n) is 8.48. The Morgan fingerprint density at radius 3 is 2.45 bits per heavy atom. The van der Waals surface area contributed by atoms with Crippen molar-refractivity contribution in [1.29, 1.82) is 5.26 Å². The lowest BCUT2D eigenvalue weighted by molar-refractivity contribution is 0.0995. The number of ether oxygens (including phenoxy) is 2. The first-order chi connectivity index (χ1) is 14.0. The van der Waals surface area contributed by atoms with Gasteiger partial charge < -0.3 is 15.2 Å². The quantitative estimate of drug-likeness (QED) is 0.618. The van der Waals surface area contributed by atoms with Gasteiger partial charge in [-0.3, -0.25) is 4.79 Å². The summed E-state index contributed by atoms with van der Waals surface area (Å²) in [6.45, 7) is 0.138. The number of primary amides is 1. The normalized spacial score (nSPS) is 10.2. The number of aromatic nitrogens is 1. The van der Waals surface area contributed by atoms with E-state index in [1.165, 1.54) is 42.6 Å². The number of nitrogens with zero attached hydrogens (tertiary/aromatic N) is 2. The van der Waals surface area contributed by atoms with Crippen molar-refractivity contribution in [2.24, 2.45) is 5.73 Å². The fraction of sp³-hybridized carbons (Fsp3) is 0.0952. The summed E-state index contributed by atoms with van der Waals surface area (Å²) < 4.78 is 37.7. The summed E-state index contributed by atoms with van der Waals surface area (Å²) in [5.41, 5.74) is 6.58. The molecule has 0 spiro atoms. The van der Waals surface area contributed by atoms with Crippen LogP contribution in [0.2, 0.25) is 0 Å². The number of carbonyl (C=O) groups excluding carboxylic acids is 1. The molecule has 146 valence electrons. The SMILES string of the molecule is N#Cc1cc(F)cc(OCCOc2cnc(C(N)=O)cc2-c2ccc(F)cc2)c1. The van der Waals surface area contributed by atoms with Gasteiger partial charge in [-0.15, -0.1) is 0 Å². The average Bonchev–Trinajstić information content (AvgIpc) is 2.71. The first kappa shape index (κ1) is 19.8. The van der Waals surface area contributed by atoms with Gasteiger partial charge in [-0.1, -0.05) is 12.1 Å². The average molecular weight is 395 g/mol. The van der Waals surface area contributed by atoms with Crippen LogP contribution >= 0.6 is 0 Å². The molecule has 3 aromatic rings. The van der Waals surface area contributed by atoms with E-state index in [4.69, 9.17) is 20.5 Å². The summed E-state index contributed by atoms with van der Waals surface area (Å²) in [6, 6.07) is 12.6. The van der Waals surface area contributed by atoms with E-state index in [2.05, 4.69) is 4.98 Å². The Bertz CT molecular complexity index is 1080. The Labute approximate surface area is 165 Å². The van der Waals surface area contributed by atoms with E-state index in [9.17, 15) is 13.6 Å². The standard InChI is InChI=1S/C21H15F2N3O3/c22-15-3-1-14(2-4-15)18-10-19(21(25)27)26-12-20(18)29-6-5-28-17-8-13(11-24)7-16(23)9-17/h1-4,7-10,12H,5-6H2,(H2,25,27). The minimum Gasteiger partial charge on any atom is -0.490 e. The lowest BCUT2D eigenvalue weighted by Crippen LogP contribution is -2.14. The Morgan fingerprint density at radius 2 is 1.76 bits per heavy atom. The van der Waals surface area contributed by atoms with E-state index >= 15 is 0 Å². The zero-order valence-corrected chi connectivity index (χ0v) is 15.1. The lowest BCUT2D eigenvalue weighted by Gasteiger charge is -2.13. The van der Waals surface area contributed by atoms with Gasteiger partial charge >= 0.3 is 0 Å². The molecule has 0 atom stereocenters. The highest BCUT2D eigenvalue weighted by Gasteiger charge is 2.12. The number of hydrogen-bond donors (Lipinski definition) is 1. The van der Waals surface area contributed by atoms with E-state index in [0.29, 0.717) is 16.9 Å². The predicted molar refractivity (Wildman–Crippen MR) is 100 cm³/mol. The minimum atomic E-state index is -0.706. The minimum absolute atomic E-state index is 0.0386. The van der Waals surface area contributed by atoms with E-state index in [1.807, 2.05) is 6.07 Å². The molecule has 0 aliphatic heterocycles. The van der Waals surface area contributed by atoms with Gasteiger partial charge in [-0.25, -0.2) is 13.8 Å². The summed E-state index contributed by atoms with van der Waals surface area (Å²) in [7, 11) is 0. The van der Waals surface area contributed by atoms with Crippen molar-refractivity contribution in [3.63, 3.8) is 0 Å². The van der Waals surface area contributed by atoms with E-state index in [-0.39, 0.29) is 30.2 Å². The topological polar surface area (TPSA) is 98.2 Å². The van der Waals surface area contributed by atoms with Crippen LogP contribution in [0.15, 0.2) is 54.7 Å². The van der Waals surface area contributed by atoms with Crippen molar-refractivity contribution in [2.45, 2.75) is 0 Å². The third-order valence-corrected chi connectivity index (χ3v) is 3.89. The number of nitriles is 1. The van der Waals surface area contributed by atoms with Gasteiger partial charge in [0.05, 0.1) is 17.8 Å². The molecule has 1 amide bonds. The summed E-state index contributed by atoms with van der Waals surface area (Å²) in [5, 5.41) is 8.86. The summed E-state index contributed by atoms with van der Waals surface area (Å²) in [5.74, 6) is -1.15. The monoisotopic (exact) mass is 395 g/mol. The van der Waals surface area contributed by atoms with E-state index < -0.39 is 17.5 Å². The number of halogens is 2. The molecule has 2 N–H and O–H groups in total. The Balaban J connectivity index is 1.73. The van der Waals surface area contributed by atoms with Crippen LogP contribution in [-0.2, 0) is 0 Å². The molecule has 2 aromatic carbocycles. The maximum absolute atomic E-state index is 13.4. The number of nitrogens with two attached hydrogens (primary N) is 1. The second-order valence-electron chi connectivity index (χ2n) is 5.92. The Hall–Kier alpha value is -3.99. The Morgan fingerprint density at radius 1 is 1.03 bits per heavy atom. The molecule has 0 saturated carbocycles. The lowest BCUT2D eigenvalue weighted by atomic mass is 10.0. The number of hydrogen-bond acceptors (Lipinski definition) is 5. The molecule has 6 nitrogen and oxygen atoms in total. The van der Waals surface area contributed by atoms with Crippen molar-refractivity contribution in [3.05, 3.63) is 77.6 Å². The zero-order valence-electron chi connectivity index (χ0n) is 15.1. The van der Waals surface area contributed by atoms with Crippen LogP contribution in [0, 0.1) is 23.0 Å². The van der Waals surface area contributed by atoms with Crippen LogP contribution < -0.4 is 15.2 Å². The van der Waals surface area contributed by atoms with Crippen molar-refractivity contribution >= 4 is 5.91 Å². The van der Waals surface area contributed by atoms with Crippen molar-refractivity contribution in [2.75, 3.05) is 13.2 Å². The molecule has 0 bridgehead atoms. The highest BCUT2D eigenvalue weighted by molar-refractivity contribution is 5.92. The van der Waals surface area contributed by atoms with Gasteiger partial charge in [0.2, 0.25) is 0 Å². The van der Waals surface area contributed by atoms with Gasteiger partial charge in [-0.2, -0.15) is 5.26 Å². The number of carbonyl (C=O) groups is 1. The highest BCUT2D eigenvalue weighted by Crippen LogP contribution is 2.30. The third-order valence-electron chi connectivity index (χ3n) is 3.89. The summed E-state index contributed by atoms with van der Waals surface area (Å²) in [4.78, 5) is 15.4. The second-order valence-corrected chi connectivity index (χ2v) is 5.92. The van der Waals surface area contributed by atoms with Crippen LogP contribution in [0.25, 0.3) is 11.1 Å². The molecular weight excluding hydrogens is 380 g/mol. The maximum Gasteiger partial charge on any atom is 0.267 e. The first-order valence-corrected chi connectivity index (χ1v) is 8.48. The molecule has 0 unspecified atom stereocenters. The zero-order chi connectivity index (χ0) is 20.8. The molecule has 0 aliphatic rings. The highest BCUT2D eigenvalue weighted by atomic mass is 19.1. The van der Waals surface area contributed by atoms with E-state index in [0.717, 1.165) is 12.1 Å². The van der Waals surface area contributed by atoms with Crippen LogP contribution in [-0.4, -0.2) is 24.1 Å². The smallest absolute Gasteiger partial charge is 0.267 e. The third kappa shape index (κ3) is 5.05. The van der Waals surface area contributed by atoms with Gasteiger partial charge in [-0.05, 0) is 35.9 Å². The largest absolute Gasteiger partial charge is 0.490 e. The van der Waals surface area contributed by atoms with Crippen LogP contribution in [0.5, 0.6) is 11.5 Å². The van der Waals surface area contributed by atoms with Crippen molar-refractivity contribution in [1.82, 2.24) is 4.98 Å². The molecule has 1 aromatic heterocycles. The molecular formula is C21H15F2N3O3. The second kappa shape index (κ2) is 8.80. The molecule has 0 fully saturated rings. The molecule has 0 aliphatic carbocycles. The molecule has 8 heteroatoms. The van der Waals surface area contributed by atoms with Crippen LogP contribution in [0.1, 0.15) is 16.1 Å². The van der Waals surface area contributed by atoms with Crippen molar-refractivity contribution in [3.8, 4) is 28.7 Å². The fourth-order valence-electron chi connectivity index (χ4n) is 2.57. The Kier molecular flexibility index (Phi) is 6.00. The number of amides is 1. The van der Waals surface area contributed by atoms with Gasteiger partial charge in [0.1, 0.15) is 42.0 Å². The molecule has 0 saturated heterocycles. The summed E-state index contributed by atoms with van der Waals surface area (Å²) in [6.07, 6.45) is 1.34. The number of pyridine rings is 1. The van der Waals surface area contributed by atoms with Gasteiger partial charge in [0, 0.05) is 11.6 Å². The molecule has 0 radical (unpaired) electrons. The van der Waals surface area contributed by atoms with E-state index in [1.54, 1.807) is 0 Å². The number of rotatable bonds is 7. The predicted octanol–water partition coefficient (Wildman–Crippen LogP) is 3.46. The number of benzene rings is 2. The van der Waals surface area contributed by atoms with Gasteiger partial charge in [0.25, 0.3) is 5.91 Å². The van der Waals surface area contributed by atoms with Crippen molar-refractivity contribution < 1.29 is 23.0 Å². The maximum atomic E-state index is 13.4. The molecule has 3 rings (SSSR count). The summed E-state index contributed by atoms with van der Waals surface area (Å²) >= 11 is 0. The van der Waals surface area contributed by atoms with Crippen LogP contribution in [0.4, 0.5) is 8.78 Å². The van der Waals surface area contributed by atoms with Crippen LogP contribution in [0.3, 0.4) is 0 Å². The molecule has 29 heavy (non-hydrogen) atoms.